The second kappa shape index (κ2) is 4.17. The minimum Gasteiger partial charge on any atom is -0.377 e. The third-order valence-electron chi connectivity index (χ3n) is 2.75. The van der Waals surface area contributed by atoms with Gasteiger partial charge < -0.3 is 4.74 Å². The van der Waals surface area contributed by atoms with Crippen molar-refractivity contribution in [1.29, 1.82) is 0 Å². The van der Waals surface area contributed by atoms with Crippen LogP contribution >= 0.6 is 0 Å². The maximum absolute atomic E-state index is 12.5. The maximum atomic E-state index is 12.5. The van der Waals surface area contributed by atoms with E-state index >= 15 is 0 Å². The molecule has 18 heavy (non-hydrogen) atoms. The topological polar surface area (TPSA) is 9.23 Å². The third-order valence-corrected chi connectivity index (χ3v) is 2.75. The molecule has 10 heteroatoms. The van der Waals surface area contributed by atoms with E-state index in [4.69, 9.17) is 0 Å². The highest BCUT2D eigenvalue weighted by atomic mass is 19.4. The second-order valence-corrected chi connectivity index (χ2v) is 3.80. The smallest absolute Gasteiger partial charge is 0.377 e. The van der Waals surface area contributed by atoms with Gasteiger partial charge in [-0.2, -0.15) is 39.5 Å². The van der Waals surface area contributed by atoms with E-state index in [1.54, 1.807) is 0 Å². The Bertz CT molecular complexity index is 257. The molecule has 1 saturated heterocycles. The summed E-state index contributed by atoms with van der Waals surface area (Å²) in [7, 11) is 0. The van der Waals surface area contributed by atoms with Crippen molar-refractivity contribution in [3.63, 3.8) is 0 Å². The fourth-order valence-corrected chi connectivity index (χ4v) is 1.95. The lowest BCUT2D eigenvalue weighted by atomic mass is 9.78. The van der Waals surface area contributed by atoms with E-state index < -0.39 is 43.1 Å². The molecule has 1 rings (SSSR count). The molecule has 1 atom stereocenters. The van der Waals surface area contributed by atoms with Gasteiger partial charge in [-0.1, -0.05) is 0 Å². The molecule has 0 saturated carbocycles. The molecule has 0 aliphatic carbocycles. The van der Waals surface area contributed by atoms with Gasteiger partial charge in [0.2, 0.25) is 0 Å². The van der Waals surface area contributed by atoms with Gasteiger partial charge in [-0.15, -0.1) is 0 Å². The fraction of sp³-hybridized carbons (Fsp3) is 1.00. The molecule has 0 radical (unpaired) electrons. The van der Waals surface area contributed by atoms with Gasteiger partial charge in [-0.25, -0.2) is 0 Å². The molecular weight excluding hydrogens is 283 g/mol. The molecule has 1 heterocycles. The van der Waals surface area contributed by atoms with Gasteiger partial charge in [0.25, 0.3) is 5.41 Å². The van der Waals surface area contributed by atoms with Crippen molar-refractivity contribution in [3.05, 3.63) is 0 Å². The minimum atomic E-state index is -6.53. The van der Waals surface area contributed by atoms with Crippen molar-refractivity contribution in [3.8, 4) is 0 Å². The first-order chi connectivity index (χ1) is 7.86. The molecule has 108 valence electrons. The van der Waals surface area contributed by atoms with Crippen LogP contribution in [0.25, 0.3) is 0 Å². The predicted molar refractivity (Wildman–Crippen MR) is 39.6 cm³/mol. The van der Waals surface area contributed by atoms with Crippen LogP contribution in [0.3, 0.4) is 0 Å². The van der Waals surface area contributed by atoms with Crippen LogP contribution in [0.4, 0.5) is 39.5 Å². The van der Waals surface area contributed by atoms with Crippen LogP contribution in [-0.2, 0) is 4.74 Å². The number of hydrogen-bond acceptors (Lipinski definition) is 1. The Morgan fingerprint density at radius 3 is 1.33 bits per heavy atom. The minimum absolute atomic E-state index is 0.283. The molecule has 0 N–H and O–H groups in total. The molecule has 0 aromatic carbocycles. The van der Waals surface area contributed by atoms with Gasteiger partial charge in [0, 0.05) is 6.61 Å². The first-order valence-corrected chi connectivity index (χ1v) is 4.67. The van der Waals surface area contributed by atoms with E-state index in [9.17, 15) is 39.5 Å². The summed E-state index contributed by atoms with van der Waals surface area (Å²) < 4.78 is 117. The molecule has 1 aliphatic rings. The molecule has 0 aromatic heterocycles. The Morgan fingerprint density at radius 2 is 1.11 bits per heavy atom. The monoisotopic (exact) mass is 290 g/mol. The van der Waals surface area contributed by atoms with Crippen LogP contribution < -0.4 is 0 Å². The van der Waals surface area contributed by atoms with E-state index in [-0.39, 0.29) is 6.42 Å². The highest BCUT2D eigenvalue weighted by Crippen LogP contribution is 2.63. The van der Waals surface area contributed by atoms with Gasteiger partial charge in [-0.3, -0.25) is 0 Å². The lowest BCUT2D eigenvalue weighted by Gasteiger charge is -2.41. The number of halogens is 9. The molecular formula is C8H7F9O. The number of ether oxygens (including phenoxy) is 1. The Kier molecular flexibility index (Phi) is 3.57. The summed E-state index contributed by atoms with van der Waals surface area (Å²) in [6.45, 7) is -0.561. The summed E-state index contributed by atoms with van der Waals surface area (Å²) in [5.41, 5.74) is -5.83. The molecule has 0 amide bonds. The average Bonchev–Trinajstić information content (AvgIpc) is 2.48. The normalized spacial score (nSPS) is 23.5. The van der Waals surface area contributed by atoms with Crippen molar-refractivity contribution >= 4 is 0 Å². The van der Waals surface area contributed by atoms with Crippen molar-refractivity contribution < 1.29 is 44.3 Å². The summed E-state index contributed by atoms with van der Waals surface area (Å²) in [5, 5.41) is 0. The molecule has 1 fully saturated rings. The quantitative estimate of drug-likeness (QED) is 0.667. The Morgan fingerprint density at radius 1 is 0.722 bits per heavy atom. The SMILES string of the molecule is FC(F)(F)C(C1CCCO1)(C(F)(F)F)C(F)(F)F. The van der Waals surface area contributed by atoms with Gasteiger partial charge in [0.1, 0.15) is 0 Å². The van der Waals surface area contributed by atoms with Crippen LogP contribution in [0.5, 0.6) is 0 Å². The van der Waals surface area contributed by atoms with Gasteiger partial charge >= 0.3 is 18.5 Å². The molecule has 0 spiro atoms. The first-order valence-electron chi connectivity index (χ1n) is 4.67. The van der Waals surface area contributed by atoms with Gasteiger partial charge in [0.15, 0.2) is 0 Å². The third kappa shape index (κ3) is 2.04. The number of hydrogen-bond donors (Lipinski definition) is 0. The van der Waals surface area contributed by atoms with Crippen molar-refractivity contribution in [1.82, 2.24) is 0 Å². The first kappa shape index (κ1) is 15.4. The summed E-state index contributed by atoms with van der Waals surface area (Å²) in [6, 6.07) is 0. The van der Waals surface area contributed by atoms with E-state index in [1.165, 1.54) is 0 Å². The highest BCUT2D eigenvalue weighted by molar-refractivity contribution is 5.05. The van der Waals surface area contributed by atoms with Gasteiger partial charge in [0.05, 0.1) is 6.10 Å². The van der Waals surface area contributed by atoms with E-state index in [0.29, 0.717) is 0 Å². The zero-order chi connectivity index (χ0) is 14.4. The number of rotatable bonds is 1. The molecule has 1 nitrogen and oxygen atoms in total. The van der Waals surface area contributed by atoms with Crippen molar-refractivity contribution in [2.75, 3.05) is 6.61 Å². The summed E-state index contributed by atoms with van der Waals surface area (Å²) in [4.78, 5) is 0. The van der Waals surface area contributed by atoms with Gasteiger partial charge in [-0.05, 0) is 12.8 Å². The fourth-order valence-electron chi connectivity index (χ4n) is 1.95. The Balaban J connectivity index is 3.46. The van der Waals surface area contributed by atoms with Crippen LogP contribution in [0.2, 0.25) is 0 Å². The lowest BCUT2D eigenvalue weighted by molar-refractivity contribution is -0.447. The summed E-state index contributed by atoms with van der Waals surface area (Å²) >= 11 is 0. The zero-order valence-corrected chi connectivity index (χ0v) is 8.51. The molecule has 0 bridgehead atoms. The highest BCUT2D eigenvalue weighted by Gasteiger charge is 2.86. The van der Waals surface area contributed by atoms with E-state index in [2.05, 4.69) is 4.74 Å². The average molecular weight is 290 g/mol. The number of alkyl halides is 9. The Labute approximate surface area is 94.9 Å². The van der Waals surface area contributed by atoms with E-state index in [0.717, 1.165) is 0 Å². The molecule has 1 unspecified atom stereocenters. The Hall–Kier alpha value is -0.670. The second-order valence-electron chi connectivity index (χ2n) is 3.80. The van der Waals surface area contributed by atoms with Crippen LogP contribution in [0.15, 0.2) is 0 Å². The molecule has 1 aliphatic heterocycles. The molecule has 0 aromatic rings. The van der Waals surface area contributed by atoms with Crippen LogP contribution in [0, 0.1) is 5.41 Å². The largest absolute Gasteiger partial charge is 0.414 e. The standard InChI is InChI=1S/C8H7F9O/c9-6(10,11)5(7(12,13)14,8(15,16)17)4-2-1-3-18-4/h4H,1-3H2. The summed E-state index contributed by atoms with van der Waals surface area (Å²) in [5.74, 6) is 0. The zero-order valence-electron chi connectivity index (χ0n) is 8.51. The predicted octanol–water partition coefficient (Wildman–Crippen LogP) is 3.84. The van der Waals surface area contributed by atoms with Crippen LogP contribution in [-0.4, -0.2) is 31.2 Å². The van der Waals surface area contributed by atoms with Crippen molar-refractivity contribution in [2.24, 2.45) is 5.41 Å². The van der Waals surface area contributed by atoms with Crippen molar-refractivity contribution in [2.45, 2.75) is 37.5 Å². The maximum Gasteiger partial charge on any atom is 0.414 e. The lowest BCUT2D eigenvalue weighted by Crippen LogP contribution is -2.65. The van der Waals surface area contributed by atoms with Crippen LogP contribution in [0.1, 0.15) is 12.8 Å². The van der Waals surface area contributed by atoms with E-state index in [1.807, 2.05) is 0 Å². The summed E-state index contributed by atoms with van der Waals surface area (Å²) in [6.07, 6.45) is -23.8.